The van der Waals surface area contributed by atoms with E-state index in [1.807, 2.05) is 30.3 Å². The van der Waals surface area contributed by atoms with E-state index in [4.69, 9.17) is 18.9 Å². The third-order valence-electron chi connectivity index (χ3n) is 4.24. The zero-order valence-corrected chi connectivity index (χ0v) is 16.4. The summed E-state index contributed by atoms with van der Waals surface area (Å²) in [6, 6.07) is 15.5. The van der Waals surface area contributed by atoms with Crippen LogP contribution in [0, 0.1) is 0 Å². The van der Waals surface area contributed by atoms with E-state index < -0.39 is 24.0 Å². The zero-order valence-electron chi connectivity index (χ0n) is 16.4. The van der Waals surface area contributed by atoms with E-state index in [2.05, 4.69) is 5.32 Å². The lowest BCUT2D eigenvalue weighted by Gasteiger charge is -2.35. The van der Waals surface area contributed by atoms with Crippen molar-refractivity contribution in [2.75, 3.05) is 26.1 Å². The SMILES string of the molecule is CCOC(=O)c1ccc(NC(=O)OC(C)C(OC)(OC)c2ccccc2)cc1. The van der Waals surface area contributed by atoms with Crippen molar-refractivity contribution in [2.45, 2.75) is 25.7 Å². The van der Waals surface area contributed by atoms with Gasteiger partial charge in [0.05, 0.1) is 12.2 Å². The third-order valence-corrected chi connectivity index (χ3v) is 4.24. The Balaban J connectivity index is 2.06. The molecular weight excluding hydrogens is 362 g/mol. The number of nitrogens with one attached hydrogen (secondary N) is 1. The topological polar surface area (TPSA) is 83.1 Å². The minimum absolute atomic E-state index is 0.297. The maximum absolute atomic E-state index is 12.3. The molecule has 0 aliphatic carbocycles. The highest BCUT2D eigenvalue weighted by molar-refractivity contribution is 5.91. The third kappa shape index (κ3) is 4.88. The van der Waals surface area contributed by atoms with E-state index in [-0.39, 0.29) is 0 Å². The molecule has 0 bridgehead atoms. The molecule has 1 N–H and O–H groups in total. The van der Waals surface area contributed by atoms with E-state index in [9.17, 15) is 9.59 Å². The van der Waals surface area contributed by atoms with Crippen LogP contribution in [0.5, 0.6) is 0 Å². The molecule has 0 spiro atoms. The van der Waals surface area contributed by atoms with E-state index in [1.165, 1.54) is 14.2 Å². The second-order valence-electron chi connectivity index (χ2n) is 5.91. The van der Waals surface area contributed by atoms with E-state index >= 15 is 0 Å². The number of carbonyl (C=O) groups excluding carboxylic acids is 2. The highest BCUT2D eigenvalue weighted by Crippen LogP contribution is 2.32. The van der Waals surface area contributed by atoms with Crippen LogP contribution in [0.15, 0.2) is 54.6 Å². The van der Waals surface area contributed by atoms with Gasteiger partial charge in [-0.15, -0.1) is 0 Å². The summed E-state index contributed by atoms with van der Waals surface area (Å²) in [6.07, 6.45) is -1.42. The fourth-order valence-electron chi connectivity index (χ4n) is 2.85. The predicted molar refractivity (Wildman–Crippen MR) is 104 cm³/mol. The smallest absolute Gasteiger partial charge is 0.412 e. The molecule has 1 amide bonds. The van der Waals surface area contributed by atoms with Crippen LogP contribution in [0.1, 0.15) is 29.8 Å². The van der Waals surface area contributed by atoms with E-state index in [0.717, 1.165) is 5.56 Å². The molecule has 0 saturated carbocycles. The summed E-state index contributed by atoms with van der Waals surface area (Å²) in [4.78, 5) is 24.0. The van der Waals surface area contributed by atoms with Gasteiger partial charge in [0.1, 0.15) is 0 Å². The van der Waals surface area contributed by atoms with Gasteiger partial charge in [0.2, 0.25) is 5.79 Å². The molecule has 1 atom stereocenters. The molecule has 0 fully saturated rings. The van der Waals surface area contributed by atoms with Gasteiger partial charge >= 0.3 is 12.1 Å². The molecule has 7 heteroatoms. The number of anilines is 1. The van der Waals surface area contributed by atoms with Crippen molar-refractivity contribution in [3.05, 3.63) is 65.7 Å². The average Bonchev–Trinajstić information content (AvgIpc) is 2.71. The van der Waals surface area contributed by atoms with Crippen molar-refractivity contribution >= 4 is 17.7 Å². The van der Waals surface area contributed by atoms with Crippen molar-refractivity contribution in [3.63, 3.8) is 0 Å². The predicted octanol–water partition coefficient (Wildman–Crippen LogP) is 3.95. The summed E-state index contributed by atoms with van der Waals surface area (Å²) in [7, 11) is 2.98. The van der Waals surface area contributed by atoms with Gasteiger partial charge in [0.15, 0.2) is 6.10 Å². The largest absolute Gasteiger partial charge is 0.462 e. The molecule has 7 nitrogen and oxygen atoms in total. The summed E-state index contributed by atoms with van der Waals surface area (Å²) < 4.78 is 21.6. The van der Waals surface area contributed by atoms with Crippen LogP contribution in [0.2, 0.25) is 0 Å². The first-order chi connectivity index (χ1) is 13.5. The Kier molecular flexibility index (Phi) is 7.54. The minimum atomic E-state index is -1.24. The maximum atomic E-state index is 12.3. The Bertz CT molecular complexity index is 771. The van der Waals surface area contributed by atoms with Crippen LogP contribution in [0.3, 0.4) is 0 Å². The van der Waals surface area contributed by atoms with Gasteiger partial charge in [-0.1, -0.05) is 30.3 Å². The fourth-order valence-corrected chi connectivity index (χ4v) is 2.85. The molecule has 0 radical (unpaired) electrons. The van der Waals surface area contributed by atoms with Crippen LogP contribution in [-0.4, -0.2) is 39.0 Å². The normalized spacial score (nSPS) is 12.1. The molecule has 150 valence electrons. The fraction of sp³-hybridized carbons (Fsp3) is 0.333. The number of esters is 1. The lowest BCUT2D eigenvalue weighted by atomic mass is 10.0. The molecule has 1 unspecified atom stereocenters. The molecule has 0 aliphatic heterocycles. The second-order valence-corrected chi connectivity index (χ2v) is 5.91. The van der Waals surface area contributed by atoms with Crippen LogP contribution < -0.4 is 5.32 Å². The molecular formula is C21H25NO6. The first kappa shape index (κ1) is 21.4. The molecule has 2 aromatic rings. The number of hydrogen-bond acceptors (Lipinski definition) is 6. The Morgan fingerprint density at radius 3 is 2.14 bits per heavy atom. The quantitative estimate of drug-likeness (QED) is 0.546. The first-order valence-corrected chi connectivity index (χ1v) is 8.87. The van der Waals surface area contributed by atoms with Crippen molar-refractivity contribution in [2.24, 2.45) is 0 Å². The zero-order chi connectivity index (χ0) is 20.6. The van der Waals surface area contributed by atoms with Gasteiger partial charge in [0, 0.05) is 25.5 Å². The maximum Gasteiger partial charge on any atom is 0.412 e. The molecule has 0 heterocycles. The molecule has 0 aromatic heterocycles. The molecule has 2 rings (SSSR count). The summed E-state index contributed by atoms with van der Waals surface area (Å²) in [5.74, 6) is -1.66. The van der Waals surface area contributed by atoms with Crippen LogP contribution in [0.4, 0.5) is 10.5 Å². The first-order valence-electron chi connectivity index (χ1n) is 8.87. The second kappa shape index (κ2) is 9.87. The number of methoxy groups -OCH3 is 2. The summed E-state index contributed by atoms with van der Waals surface area (Å²) in [6.45, 7) is 3.72. The van der Waals surface area contributed by atoms with Gasteiger partial charge in [-0.05, 0) is 38.1 Å². The Morgan fingerprint density at radius 1 is 1.00 bits per heavy atom. The number of ether oxygens (including phenoxy) is 4. The van der Waals surface area contributed by atoms with Crippen LogP contribution >= 0.6 is 0 Å². The van der Waals surface area contributed by atoms with Gasteiger partial charge in [0.25, 0.3) is 0 Å². The summed E-state index contributed by atoms with van der Waals surface area (Å²) in [5.41, 5.74) is 1.60. The Hall–Kier alpha value is -2.90. The van der Waals surface area contributed by atoms with Gasteiger partial charge in [-0.25, -0.2) is 9.59 Å². The Morgan fingerprint density at radius 2 is 1.61 bits per heavy atom. The lowest BCUT2D eigenvalue weighted by molar-refractivity contribution is -0.263. The monoisotopic (exact) mass is 387 g/mol. The molecule has 0 aliphatic rings. The number of hydrogen-bond donors (Lipinski definition) is 1. The minimum Gasteiger partial charge on any atom is -0.462 e. The highest BCUT2D eigenvalue weighted by atomic mass is 16.7. The number of carbonyl (C=O) groups is 2. The van der Waals surface area contributed by atoms with Crippen molar-refractivity contribution in [1.82, 2.24) is 0 Å². The average molecular weight is 387 g/mol. The van der Waals surface area contributed by atoms with Gasteiger partial charge < -0.3 is 18.9 Å². The standard InChI is InChI=1S/C21H25NO6/c1-5-27-19(23)16-11-13-18(14-12-16)22-20(24)28-15(2)21(25-3,26-4)17-9-7-6-8-10-17/h6-15H,5H2,1-4H3,(H,22,24). The van der Waals surface area contributed by atoms with Crippen LogP contribution in [-0.2, 0) is 24.7 Å². The van der Waals surface area contributed by atoms with Crippen molar-refractivity contribution < 1.29 is 28.5 Å². The number of rotatable bonds is 8. The summed E-state index contributed by atoms with van der Waals surface area (Å²) >= 11 is 0. The highest BCUT2D eigenvalue weighted by Gasteiger charge is 2.41. The van der Waals surface area contributed by atoms with E-state index in [0.29, 0.717) is 17.9 Å². The molecule has 28 heavy (non-hydrogen) atoms. The molecule has 2 aromatic carbocycles. The number of benzene rings is 2. The van der Waals surface area contributed by atoms with E-state index in [1.54, 1.807) is 38.1 Å². The van der Waals surface area contributed by atoms with Crippen molar-refractivity contribution in [1.29, 1.82) is 0 Å². The van der Waals surface area contributed by atoms with Crippen molar-refractivity contribution in [3.8, 4) is 0 Å². The Labute approximate surface area is 164 Å². The lowest BCUT2D eigenvalue weighted by Crippen LogP contribution is -2.44. The summed E-state index contributed by atoms with van der Waals surface area (Å²) in [5, 5.41) is 2.62. The molecule has 0 saturated heterocycles. The number of amides is 1. The van der Waals surface area contributed by atoms with Gasteiger partial charge in [-0.2, -0.15) is 0 Å². The van der Waals surface area contributed by atoms with Crippen LogP contribution in [0.25, 0.3) is 0 Å². The van der Waals surface area contributed by atoms with Gasteiger partial charge in [-0.3, -0.25) is 5.32 Å².